The van der Waals surface area contributed by atoms with Gasteiger partial charge >= 0.3 is 59.1 Å². The summed E-state index contributed by atoms with van der Waals surface area (Å²) in [5.41, 5.74) is 0. The van der Waals surface area contributed by atoms with Crippen LogP contribution in [0.2, 0.25) is 0 Å². The van der Waals surface area contributed by atoms with E-state index >= 15 is 0 Å². The van der Waals surface area contributed by atoms with Crippen molar-refractivity contribution in [3.05, 3.63) is 0 Å². The minimum Gasteiger partial charge on any atom is -0.748 e. The number of hydrogen-bond donors (Lipinski definition) is 0. The maximum absolute atomic E-state index is 10.9. The zero-order chi connectivity index (χ0) is 35.6. The topological polar surface area (TPSA) is 170 Å². The Balaban J connectivity index is -0.0000110. The first-order chi connectivity index (χ1) is 23.1. The first kappa shape index (κ1) is 55.9. The van der Waals surface area contributed by atoms with Crippen LogP contribution in [0.25, 0.3) is 0 Å². The molecule has 0 aliphatic carbocycles. The Morgan fingerprint density at radius 2 is 0.680 bits per heavy atom. The summed E-state index contributed by atoms with van der Waals surface area (Å²) in [5.74, 6) is -0.960. The second-order valence-corrected chi connectivity index (χ2v) is 15.5. The van der Waals surface area contributed by atoms with Crippen LogP contribution in [0.1, 0.15) is 129 Å². The van der Waals surface area contributed by atoms with Crippen molar-refractivity contribution in [1.82, 2.24) is 0 Å². The van der Waals surface area contributed by atoms with Crippen molar-refractivity contribution in [2.45, 2.75) is 142 Å². The van der Waals surface area contributed by atoms with Crippen molar-refractivity contribution in [2.24, 2.45) is 0 Å². The van der Waals surface area contributed by atoms with Crippen molar-refractivity contribution < 1.29 is 113 Å². The molecule has 0 rings (SSSR count). The van der Waals surface area contributed by atoms with Crippen LogP contribution >= 0.6 is 0 Å². The molecular weight excluding hydrogens is 710 g/mol. The Bertz CT molecular complexity index is 827. The van der Waals surface area contributed by atoms with E-state index in [9.17, 15) is 25.9 Å². The third kappa shape index (κ3) is 45.7. The van der Waals surface area contributed by atoms with Crippen LogP contribution in [-0.4, -0.2) is 116 Å². The fraction of sp³-hybridized carbons (Fsp3) is 1.00. The molecular formula is C34H68Na2O12S2. The van der Waals surface area contributed by atoms with E-state index in [0.29, 0.717) is 26.4 Å². The van der Waals surface area contributed by atoms with Crippen LogP contribution in [-0.2, 0) is 48.7 Å². The molecule has 2 atom stereocenters. The van der Waals surface area contributed by atoms with Gasteiger partial charge in [0, 0.05) is 37.9 Å². The molecule has 0 N–H and O–H groups in total. The molecule has 50 heavy (non-hydrogen) atoms. The molecule has 0 heterocycles. The number of unbranched alkanes of at least 4 members (excludes halogenated alkanes) is 14. The Labute approximate surface area is 350 Å². The van der Waals surface area contributed by atoms with E-state index in [1.165, 1.54) is 77.0 Å². The van der Waals surface area contributed by atoms with Crippen molar-refractivity contribution in [1.29, 1.82) is 0 Å². The van der Waals surface area contributed by atoms with Crippen molar-refractivity contribution >= 4 is 20.2 Å². The van der Waals surface area contributed by atoms with Gasteiger partial charge in [-0.3, -0.25) is 0 Å². The van der Waals surface area contributed by atoms with Crippen LogP contribution < -0.4 is 59.1 Å². The monoisotopic (exact) mass is 778 g/mol. The summed E-state index contributed by atoms with van der Waals surface area (Å²) in [4.78, 5) is 0. The fourth-order valence-corrected chi connectivity index (χ4v) is 5.86. The van der Waals surface area contributed by atoms with Crippen LogP contribution in [0.3, 0.4) is 0 Å². The normalized spacial score (nSPS) is 13.1. The maximum atomic E-state index is 10.9. The van der Waals surface area contributed by atoms with Crippen LogP contribution in [0.15, 0.2) is 0 Å². The van der Waals surface area contributed by atoms with Crippen LogP contribution in [0.5, 0.6) is 0 Å². The average molecular weight is 779 g/mol. The van der Waals surface area contributed by atoms with Crippen molar-refractivity contribution in [2.75, 3.05) is 77.6 Å². The van der Waals surface area contributed by atoms with Gasteiger partial charge in [-0.1, -0.05) is 104 Å². The van der Waals surface area contributed by atoms with Gasteiger partial charge in [0.2, 0.25) is 0 Å². The first-order valence-electron chi connectivity index (χ1n) is 18.5. The van der Waals surface area contributed by atoms with E-state index in [1.54, 1.807) is 0 Å². The van der Waals surface area contributed by atoms with E-state index in [4.69, 9.17) is 28.4 Å². The van der Waals surface area contributed by atoms with E-state index in [2.05, 4.69) is 13.8 Å². The SMILES string of the molecule is CCCCCCCCCCOCC(COCCOCC(COCCCCCCCCCC)OCCCS(=O)(=O)[O-])OCCCS(=O)(=O)[O-].[Na+].[Na+]. The number of ether oxygens (including phenoxy) is 6. The maximum Gasteiger partial charge on any atom is 1.00 e. The van der Waals surface area contributed by atoms with Gasteiger partial charge < -0.3 is 37.5 Å². The Hall–Kier alpha value is 1.58. The van der Waals surface area contributed by atoms with Gasteiger partial charge in [-0.2, -0.15) is 0 Å². The molecule has 0 aromatic heterocycles. The number of hydrogen-bond acceptors (Lipinski definition) is 12. The summed E-state index contributed by atoms with van der Waals surface area (Å²) in [6.07, 6.45) is 18.6. The molecule has 0 aliphatic heterocycles. The molecule has 0 aromatic rings. The van der Waals surface area contributed by atoms with E-state index < -0.39 is 43.9 Å². The summed E-state index contributed by atoms with van der Waals surface area (Å²) in [7, 11) is -8.58. The van der Waals surface area contributed by atoms with Gasteiger partial charge in [-0.05, 0) is 25.7 Å². The summed E-state index contributed by atoms with van der Waals surface area (Å²) in [5, 5.41) is 0. The molecule has 0 amide bonds. The van der Waals surface area contributed by atoms with Crippen molar-refractivity contribution in [3.63, 3.8) is 0 Å². The Morgan fingerprint density at radius 3 is 0.980 bits per heavy atom. The van der Waals surface area contributed by atoms with Gasteiger partial charge in [-0.15, -0.1) is 0 Å². The van der Waals surface area contributed by atoms with E-state index in [-0.39, 0.29) is 112 Å². The zero-order valence-corrected chi connectivity index (χ0v) is 37.7. The van der Waals surface area contributed by atoms with E-state index in [1.807, 2.05) is 0 Å². The molecule has 0 bridgehead atoms. The van der Waals surface area contributed by atoms with Crippen LogP contribution in [0, 0.1) is 0 Å². The Morgan fingerprint density at radius 1 is 0.400 bits per heavy atom. The molecule has 0 fully saturated rings. The van der Waals surface area contributed by atoms with E-state index in [0.717, 1.165) is 25.7 Å². The van der Waals surface area contributed by atoms with Crippen molar-refractivity contribution in [3.8, 4) is 0 Å². The summed E-state index contributed by atoms with van der Waals surface area (Å²) in [6.45, 7) is 7.43. The average Bonchev–Trinajstić information content (AvgIpc) is 3.02. The smallest absolute Gasteiger partial charge is 0.748 e. The molecule has 0 saturated carbocycles. The minimum atomic E-state index is -4.29. The molecule has 2 unspecified atom stereocenters. The van der Waals surface area contributed by atoms with Gasteiger partial charge in [0.1, 0.15) is 12.2 Å². The third-order valence-electron chi connectivity index (χ3n) is 7.66. The van der Waals surface area contributed by atoms with Gasteiger partial charge in [-0.25, -0.2) is 16.8 Å². The molecule has 0 saturated heterocycles. The Kier molecular flexibility index (Phi) is 45.0. The zero-order valence-electron chi connectivity index (χ0n) is 32.1. The predicted octanol–water partition coefficient (Wildman–Crippen LogP) is -0.0168. The molecule has 290 valence electrons. The summed E-state index contributed by atoms with van der Waals surface area (Å²) < 4.78 is 100.0. The van der Waals surface area contributed by atoms with Gasteiger partial charge in [0.05, 0.1) is 59.9 Å². The molecule has 0 aliphatic rings. The predicted molar refractivity (Wildman–Crippen MR) is 186 cm³/mol. The summed E-state index contributed by atoms with van der Waals surface area (Å²) in [6, 6.07) is 0. The molecule has 16 heteroatoms. The number of rotatable bonds is 39. The molecule has 0 spiro atoms. The minimum absolute atomic E-state index is 0. The molecule has 12 nitrogen and oxygen atoms in total. The second kappa shape index (κ2) is 40.2. The summed E-state index contributed by atoms with van der Waals surface area (Å²) >= 11 is 0. The van der Waals surface area contributed by atoms with Crippen LogP contribution in [0.4, 0.5) is 0 Å². The standard InChI is InChI=1S/C34H70O12S2.2Na/c1-3-5-7-9-11-13-15-17-21-41-29-33(45-23-19-27-47(35,36)37)31-43-25-26-44-32-34(46-24-20-28-48(38,39)40)30-42-22-18-16-14-12-10-8-6-4-2;;/h33-34H,3-32H2,1-2H3,(H,35,36,37)(H,38,39,40);;/q;2*+1/p-2. The largest absolute Gasteiger partial charge is 1.00 e. The second-order valence-electron chi connectivity index (χ2n) is 12.5. The first-order valence-corrected chi connectivity index (χ1v) is 21.6. The fourth-order valence-electron chi connectivity index (χ4n) is 4.91. The quantitative estimate of drug-likeness (QED) is 0.0466. The van der Waals surface area contributed by atoms with Gasteiger partial charge in [0.25, 0.3) is 0 Å². The molecule has 0 radical (unpaired) electrons. The third-order valence-corrected chi connectivity index (χ3v) is 9.23. The molecule has 0 aromatic carbocycles. The van der Waals surface area contributed by atoms with Gasteiger partial charge in [0.15, 0.2) is 0 Å².